The molecule has 1 aromatic carbocycles. The minimum absolute atomic E-state index is 0.0352. The number of aliphatic hydroxyl groups is 1. The molecule has 2 aromatic rings. The second-order valence-corrected chi connectivity index (χ2v) is 3.71. The fourth-order valence-electron chi connectivity index (χ4n) is 1.55. The van der Waals surface area contributed by atoms with E-state index in [0.717, 1.165) is 11.4 Å². The van der Waals surface area contributed by atoms with Gasteiger partial charge in [0, 0.05) is 0 Å². The fraction of sp³-hybridized carbons (Fsp3) is 0.250. The molecule has 0 atom stereocenters. The van der Waals surface area contributed by atoms with Crippen molar-refractivity contribution in [3.05, 3.63) is 41.7 Å². The van der Waals surface area contributed by atoms with Crippen molar-refractivity contribution in [1.82, 2.24) is 15.0 Å². The molecule has 18 heavy (non-hydrogen) atoms. The van der Waals surface area contributed by atoms with Gasteiger partial charge in [-0.1, -0.05) is 17.3 Å². The summed E-state index contributed by atoms with van der Waals surface area (Å²) < 4.78 is 1.58. The number of nitriles is 1. The van der Waals surface area contributed by atoms with E-state index in [1.165, 1.54) is 0 Å². The van der Waals surface area contributed by atoms with Gasteiger partial charge in [0.25, 0.3) is 0 Å². The second kappa shape index (κ2) is 5.80. The molecule has 2 N–H and O–H groups in total. The Morgan fingerprint density at radius 3 is 3.00 bits per heavy atom. The van der Waals surface area contributed by atoms with Crippen molar-refractivity contribution in [3.63, 3.8) is 0 Å². The van der Waals surface area contributed by atoms with E-state index in [-0.39, 0.29) is 6.61 Å². The quantitative estimate of drug-likeness (QED) is 0.809. The van der Waals surface area contributed by atoms with Crippen LogP contribution < -0.4 is 5.32 Å². The molecular weight excluding hydrogens is 230 g/mol. The number of rotatable bonds is 5. The van der Waals surface area contributed by atoms with Crippen LogP contribution in [0, 0.1) is 11.3 Å². The van der Waals surface area contributed by atoms with E-state index in [1.54, 1.807) is 16.9 Å². The van der Waals surface area contributed by atoms with Crippen LogP contribution in [0.1, 0.15) is 11.3 Å². The van der Waals surface area contributed by atoms with Crippen LogP contribution in [0.4, 0.5) is 5.69 Å². The van der Waals surface area contributed by atoms with E-state index < -0.39 is 0 Å². The summed E-state index contributed by atoms with van der Waals surface area (Å²) in [4.78, 5) is 0. The molecule has 0 amide bonds. The first-order chi connectivity index (χ1) is 8.83. The largest absolute Gasteiger partial charge is 0.394 e. The maximum atomic E-state index is 8.94. The molecule has 2 rings (SSSR count). The molecule has 0 aliphatic rings. The van der Waals surface area contributed by atoms with E-state index >= 15 is 0 Å². The van der Waals surface area contributed by atoms with Crippen LogP contribution in [0.25, 0.3) is 0 Å². The van der Waals surface area contributed by atoms with E-state index in [1.807, 2.05) is 18.2 Å². The zero-order valence-corrected chi connectivity index (χ0v) is 9.74. The van der Waals surface area contributed by atoms with Gasteiger partial charge in [0.15, 0.2) is 0 Å². The number of aliphatic hydroxyl groups excluding tert-OH is 1. The molecule has 0 fully saturated rings. The number of benzene rings is 1. The molecule has 0 unspecified atom stereocenters. The lowest BCUT2D eigenvalue weighted by molar-refractivity contribution is 0.268. The Labute approximate surface area is 104 Å². The summed E-state index contributed by atoms with van der Waals surface area (Å²) in [5, 5.41) is 28.7. The summed E-state index contributed by atoms with van der Waals surface area (Å²) in [6, 6.07) is 9.41. The van der Waals surface area contributed by atoms with Gasteiger partial charge in [0.1, 0.15) is 11.8 Å². The highest BCUT2D eigenvalue weighted by atomic mass is 16.3. The van der Waals surface area contributed by atoms with Crippen LogP contribution in [0.5, 0.6) is 0 Å². The number of para-hydroxylation sites is 1. The minimum atomic E-state index is 0.0352. The van der Waals surface area contributed by atoms with E-state index in [0.29, 0.717) is 18.7 Å². The second-order valence-electron chi connectivity index (χ2n) is 3.71. The molecule has 1 heterocycles. The topological polar surface area (TPSA) is 86.8 Å². The fourth-order valence-corrected chi connectivity index (χ4v) is 1.55. The van der Waals surface area contributed by atoms with Crippen LogP contribution in [0.3, 0.4) is 0 Å². The smallest absolute Gasteiger partial charge is 0.102 e. The van der Waals surface area contributed by atoms with E-state index in [9.17, 15) is 0 Å². The Bertz CT molecular complexity index is 558. The van der Waals surface area contributed by atoms with Crippen LogP contribution in [-0.2, 0) is 13.1 Å². The third kappa shape index (κ3) is 2.84. The van der Waals surface area contributed by atoms with Gasteiger partial charge in [-0.25, -0.2) is 4.68 Å². The number of hydrogen-bond acceptors (Lipinski definition) is 5. The highest BCUT2D eigenvalue weighted by molar-refractivity contribution is 5.57. The molecule has 0 bridgehead atoms. The Morgan fingerprint density at radius 2 is 2.22 bits per heavy atom. The zero-order chi connectivity index (χ0) is 12.8. The molecule has 6 heteroatoms. The Morgan fingerprint density at radius 1 is 1.39 bits per heavy atom. The van der Waals surface area contributed by atoms with Gasteiger partial charge in [-0.15, -0.1) is 5.10 Å². The maximum Gasteiger partial charge on any atom is 0.102 e. The molecule has 0 aliphatic heterocycles. The Kier molecular flexibility index (Phi) is 3.89. The first-order valence-corrected chi connectivity index (χ1v) is 5.56. The normalized spacial score (nSPS) is 10.0. The standard InChI is InChI=1S/C12H13N5O/c13-7-10-3-1-2-4-12(10)14-8-11-9-17(5-6-18)16-15-11/h1-4,9,14,18H,5-6,8H2. The Balaban J connectivity index is 2.00. The summed E-state index contributed by atoms with van der Waals surface area (Å²) in [5.41, 5.74) is 2.13. The molecular formula is C12H13N5O. The third-order valence-corrected chi connectivity index (χ3v) is 2.42. The van der Waals surface area contributed by atoms with Crippen molar-refractivity contribution in [2.24, 2.45) is 0 Å². The average Bonchev–Trinajstić information content (AvgIpc) is 2.85. The number of anilines is 1. The molecule has 0 spiro atoms. The first kappa shape index (κ1) is 12.1. The van der Waals surface area contributed by atoms with Gasteiger partial charge in [0.2, 0.25) is 0 Å². The Hall–Kier alpha value is -2.39. The molecule has 1 aromatic heterocycles. The molecule has 6 nitrogen and oxygen atoms in total. The third-order valence-electron chi connectivity index (χ3n) is 2.42. The SMILES string of the molecule is N#Cc1ccccc1NCc1cn(CCO)nn1. The highest BCUT2D eigenvalue weighted by Crippen LogP contribution is 2.14. The lowest BCUT2D eigenvalue weighted by Crippen LogP contribution is -2.02. The molecule has 0 saturated carbocycles. The van der Waals surface area contributed by atoms with Crippen molar-refractivity contribution >= 4 is 5.69 Å². The van der Waals surface area contributed by atoms with Gasteiger partial charge in [0.05, 0.1) is 37.1 Å². The van der Waals surface area contributed by atoms with Crippen molar-refractivity contribution < 1.29 is 5.11 Å². The molecule has 0 saturated heterocycles. The van der Waals surface area contributed by atoms with Crippen LogP contribution in [0.15, 0.2) is 30.5 Å². The number of hydrogen-bond donors (Lipinski definition) is 2. The van der Waals surface area contributed by atoms with Crippen molar-refractivity contribution in [2.45, 2.75) is 13.1 Å². The highest BCUT2D eigenvalue weighted by Gasteiger charge is 2.03. The number of nitrogens with zero attached hydrogens (tertiary/aromatic N) is 4. The van der Waals surface area contributed by atoms with Gasteiger partial charge >= 0.3 is 0 Å². The van der Waals surface area contributed by atoms with Crippen LogP contribution >= 0.6 is 0 Å². The zero-order valence-electron chi connectivity index (χ0n) is 9.74. The van der Waals surface area contributed by atoms with Gasteiger partial charge in [-0.05, 0) is 12.1 Å². The predicted octanol–water partition coefficient (Wildman–Crippen LogP) is 0.754. The first-order valence-electron chi connectivity index (χ1n) is 5.56. The summed E-state index contributed by atoms with van der Waals surface area (Å²) in [6.07, 6.45) is 1.76. The predicted molar refractivity (Wildman–Crippen MR) is 65.6 cm³/mol. The van der Waals surface area contributed by atoms with Crippen LogP contribution in [-0.4, -0.2) is 26.7 Å². The number of aromatic nitrogens is 3. The number of nitrogens with one attached hydrogen (secondary N) is 1. The molecule has 0 radical (unpaired) electrons. The van der Waals surface area contributed by atoms with Crippen molar-refractivity contribution in [1.29, 1.82) is 5.26 Å². The summed E-state index contributed by atoms with van der Waals surface area (Å²) in [6.45, 7) is 0.958. The van der Waals surface area contributed by atoms with Crippen LogP contribution in [0.2, 0.25) is 0 Å². The summed E-state index contributed by atoms with van der Waals surface area (Å²) in [5.74, 6) is 0. The lowest BCUT2D eigenvalue weighted by atomic mass is 10.2. The average molecular weight is 243 g/mol. The minimum Gasteiger partial charge on any atom is -0.394 e. The monoisotopic (exact) mass is 243 g/mol. The van der Waals surface area contributed by atoms with Crippen molar-refractivity contribution in [3.8, 4) is 6.07 Å². The van der Waals surface area contributed by atoms with E-state index in [2.05, 4.69) is 21.7 Å². The van der Waals surface area contributed by atoms with Gasteiger partial charge in [-0.2, -0.15) is 5.26 Å². The summed E-state index contributed by atoms with van der Waals surface area (Å²) >= 11 is 0. The lowest BCUT2D eigenvalue weighted by Gasteiger charge is -2.05. The molecule has 92 valence electrons. The molecule has 0 aliphatic carbocycles. The van der Waals surface area contributed by atoms with E-state index in [4.69, 9.17) is 10.4 Å². The van der Waals surface area contributed by atoms with Gasteiger partial charge in [-0.3, -0.25) is 0 Å². The van der Waals surface area contributed by atoms with Crippen molar-refractivity contribution in [2.75, 3.05) is 11.9 Å². The van der Waals surface area contributed by atoms with Gasteiger partial charge < -0.3 is 10.4 Å². The summed E-state index contributed by atoms with van der Waals surface area (Å²) in [7, 11) is 0. The maximum absolute atomic E-state index is 8.94.